The summed E-state index contributed by atoms with van der Waals surface area (Å²) in [6.45, 7) is 14.9. The third-order valence-corrected chi connectivity index (χ3v) is 12.5. The van der Waals surface area contributed by atoms with Crippen LogP contribution in [0.5, 0.6) is 0 Å². The number of aliphatic hydroxyl groups is 3. The van der Waals surface area contributed by atoms with E-state index in [0.29, 0.717) is 0 Å². The summed E-state index contributed by atoms with van der Waals surface area (Å²) in [5, 5.41) is 39.5. The number of alkyl carbamates (subject to hydrolysis) is 1. The number of esters is 3. The number of ether oxygens (including phenoxy) is 7. The highest BCUT2D eigenvalue weighted by Crippen LogP contribution is 2.64. The zero-order valence-corrected chi connectivity index (χ0v) is 35.4. The Hall–Kier alpha value is -4.58. The van der Waals surface area contributed by atoms with Crippen LogP contribution >= 0.6 is 0 Å². The van der Waals surface area contributed by atoms with Crippen LogP contribution < -0.4 is 5.32 Å². The van der Waals surface area contributed by atoms with Crippen molar-refractivity contribution < 1.29 is 77.2 Å². The van der Waals surface area contributed by atoms with Gasteiger partial charge in [0.15, 0.2) is 23.6 Å². The number of nitrogens with one attached hydrogen (secondary N) is 1. The van der Waals surface area contributed by atoms with Crippen molar-refractivity contribution in [1.29, 1.82) is 0 Å². The van der Waals surface area contributed by atoms with Crippen LogP contribution in [0.3, 0.4) is 0 Å². The molecule has 0 radical (unpaired) electrons. The fourth-order valence-corrected chi connectivity index (χ4v) is 9.36. The van der Waals surface area contributed by atoms with Gasteiger partial charge < -0.3 is 53.8 Å². The van der Waals surface area contributed by atoms with Gasteiger partial charge in [-0.25, -0.2) is 19.2 Å². The molecule has 0 aromatic heterocycles. The topological polar surface area (TPSA) is 240 Å². The van der Waals surface area contributed by atoms with Crippen molar-refractivity contribution in [2.45, 2.75) is 142 Å². The van der Waals surface area contributed by atoms with Gasteiger partial charge in [-0.15, -0.1) is 0 Å². The lowest BCUT2D eigenvalue weighted by Crippen LogP contribution is -2.82. The first-order valence-corrected chi connectivity index (χ1v) is 19.6. The van der Waals surface area contributed by atoms with Gasteiger partial charge in [-0.05, 0) is 63.8 Å². The Morgan fingerprint density at radius 2 is 1.63 bits per heavy atom. The van der Waals surface area contributed by atoms with E-state index in [9.17, 15) is 39.3 Å². The molecule has 4 aliphatic rings. The van der Waals surface area contributed by atoms with Crippen molar-refractivity contribution in [3.8, 4) is 0 Å². The highest BCUT2D eigenvalue weighted by molar-refractivity contribution is 5.95. The lowest BCUT2D eigenvalue weighted by Gasteiger charge is -2.67. The zero-order chi connectivity index (χ0) is 44.2. The zero-order valence-electron chi connectivity index (χ0n) is 35.4. The molecule has 17 nitrogen and oxygen atoms in total. The predicted molar refractivity (Wildman–Crippen MR) is 204 cm³/mol. The van der Waals surface area contributed by atoms with Gasteiger partial charge in [-0.3, -0.25) is 9.59 Å². The molecular weight excluding hydrogens is 774 g/mol. The lowest BCUT2D eigenvalue weighted by molar-refractivity contribution is -0.344. The quantitative estimate of drug-likeness (QED) is 0.159. The van der Waals surface area contributed by atoms with E-state index in [1.54, 1.807) is 52.8 Å². The number of carbonyl (C=O) groups is 6. The molecule has 0 spiro atoms. The second kappa shape index (κ2) is 16.1. The summed E-state index contributed by atoms with van der Waals surface area (Å²) in [5.74, 6) is -6.13. The van der Waals surface area contributed by atoms with Crippen LogP contribution in [0.1, 0.15) is 92.4 Å². The second-order valence-corrected chi connectivity index (χ2v) is 18.0. The predicted octanol–water partition coefficient (Wildman–Crippen LogP) is 3.33. The minimum absolute atomic E-state index is 0.0198. The van der Waals surface area contributed by atoms with Crippen molar-refractivity contribution >= 4 is 35.9 Å². The number of ketones is 1. The molecule has 1 aromatic carbocycles. The monoisotopic (exact) mass is 831 g/mol. The Morgan fingerprint density at radius 3 is 2.15 bits per heavy atom. The highest BCUT2D eigenvalue weighted by Gasteiger charge is 2.78. The second-order valence-electron chi connectivity index (χ2n) is 18.0. The van der Waals surface area contributed by atoms with Gasteiger partial charge in [0.25, 0.3) is 0 Å². The maximum absolute atomic E-state index is 15.4. The van der Waals surface area contributed by atoms with E-state index in [1.807, 2.05) is 0 Å². The summed E-state index contributed by atoms with van der Waals surface area (Å²) in [6, 6.07) is 6.55. The van der Waals surface area contributed by atoms with Crippen molar-refractivity contribution in [1.82, 2.24) is 5.32 Å². The number of rotatable bonds is 9. The molecule has 1 saturated heterocycles. The number of benzene rings is 1. The summed E-state index contributed by atoms with van der Waals surface area (Å²) >= 11 is 0. The fraction of sp³-hybridized carbons (Fsp3) is 0.667. The smallest absolute Gasteiger partial charge is 0.456 e. The summed E-state index contributed by atoms with van der Waals surface area (Å²) in [6.07, 6.45) is -12.8. The average molecular weight is 832 g/mol. The van der Waals surface area contributed by atoms with E-state index in [2.05, 4.69) is 5.32 Å². The van der Waals surface area contributed by atoms with Crippen molar-refractivity contribution in [3.63, 3.8) is 0 Å². The summed E-state index contributed by atoms with van der Waals surface area (Å²) in [7, 11) is 1.06. The molecule has 59 heavy (non-hydrogen) atoms. The SMILES string of the molecule is COC(=O)O[C@@]12CO[C@@H]1C[C@H](O)[C@@]1(C)C(=O)[C@H](OC(C)=O)C3=C(C)[C@@H](OC(=O)[C@H](O)[C@@H](NC(=O)OC(C)(C)C)C(C)C)C[C@@](O)([C@@H](OC(=O)c4ccccc4)C12)C3(C)C. The molecular formula is C42H57NO16. The Labute approximate surface area is 343 Å². The molecule has 326 valence electrons. The molecule has 1 heterocycles. The third kappa shape index (κ3) is 7.93. The van der Waals surface area contributed by atoms with E-state index in [-0.39, 0.29) is 29.7 Å². The molecule has 1 amide bonds. The summed E-state index contributed by atoms with van der Waals surface area (Å²) in [5.41, 5.74) is -8.78. The number of methoxy groups -OCH3 is 1. The molecule has 1 unspecified atom stereocenters. The molecule has 3 fully saturated rings. The minimum atomic E-state index is -2.41. The number of hydrogen-bond acceptors (Lipinski definition) is 16. The summed E-state index contributed by atoms with van der Waals surface area (Å²) < 4.78 is 40.1. The number of fused-ring (bicyclic) bond motifs is 5. The Kier molecular flexibility index (Phi) is 12.4. The van der Waals surface area contributed by atoms with Gasteiger partial charge in [0.2, 0.25) is 0 Å². The Balaban J connectivity index is 1.73. The first-order valence-electron chi connectivity index (χ1n) is 19.6. The number of carbonyl (C=O) groups excluding carboxylic acids is 6. The van der Waals surface area contributed by atoms with Crippen LogP contribution in [0.4, 0.5) is 9.59 Å². The van der Waals surface area contributed by atoms with Gasteiger partial charge in [0.05, 0.1) is 42.8 Å². The molecule has 17 heteroatoms. The van der Waals surface area contributed by atoms with Gasteiger partial charge >= 0.3 is 30.2 Å². The maximum atomic E-state index is 15.4. The van der Waals surface area contributed by atoms with Gasteiger partial charge in [0.1, 0.15) is 29.5 Å². The lowest BCUT2D eigenvalue weighted by atomic mass is 9.44. The van der Waals surface area contributed by atoms with Gasteiger partial charge in [-0.2, -0.15) is 0 Å². The minimum Gasteiger partial charge on any atom is -0.456 e. The molecule has 1 aliphatic heterocycles. The van der Waals surface area contributed by atoms with E-state index >= 15 is 4.79 Å². The van der Waals surface area contributed by atoms with Crippen LogP contribution in [0, 0.1) is 22.7 Å². The fourth-order valence-electron chi connectivity index (χ4n) is 9.36. The van der Waals surface area contributed by atoms with Crippen LogP contribution in [0.2, 0.25) is 0 Å². The molecule has 2 bridgehead atoms. The maximum Gasteiger partial charge on any atom is 0.508 e. The Morgan fingerprint density at radius 1 is 1.00 bits per heavy atom. The third-order valence-electron chi connectivity index (χ3n) is 12.5. The number of hydrogen-bond donors (Lipinski definition) is 4. The standard InChI is InChI=1S/C42H57NO16/c1-20(2)28(43-36(50)58-38(5,6)7)29(46)35(49)56-24-18-42(52)33(57-34(48)23-15-13-12-14-16-23)31-40(10,25(45)17-26-41(31,19-54-26)59-37(51)53-11)32(47)30(55-22(4)44)27(21(24)3)39(42,8)9/h12-16,20,24-26,28-31,33,45-46,52H,17-19H2,1-11H3,(H,43,50)/t24-,25-,26+,28-,29+,30+,31?,33-,40+,41-,42+/m0/s1. The molecule has 5 rings (SSSR count). The van der Waals surface area contributed by atoms with E-state index < -0.39 is 124 Å². The molecule has 2 saturated carbocycles. The van der Waals surface area contributed by atoms with E-state index in [1.165, 1.54) is 39.8 Å². The first kappa shape index (κ1) is 45.5. The Bertz CT molecular complexity index is 1870. The van der Waals surface area contributed by atoms with Crippen molar-refractivity contribution in [3.05, 3.63) is 47.0 Å². The number of aliphatic hydroxyl groups excluding tert-OH is 2. The van der Waals surface area contributed by atoms with Crippen LogP contribution in [-0.2, 0) is 47.5 Å². The van der Waals surface area contributed by atoms with Crippen molar-refractivity contribution in [2.24, 2.45) is 22.7 Å². The van der Waals surface area contributed by atoms with E-state index in [4.69, 9.17) is 33.2 Å². The number of amides is 1. The van der Waals surface area contributed by atoms with Gasteiger partial charge in [0, 0.05) is 25.2 Å². The van der Waals surface area contributed by atoms with Crippen LogP contribution in [0.25, 0.3) is 0 Å². The average Bonchev–Trinajstić information content (AvgIpc) is 3.13. The summed E-state index contributed by atoms with van der Waals surface area (Å²) in [4.78, 5) is 82.3. The number of Topliss-reactive ketones (excluding diaryl/α,β-unsaturated/α-hetero) is 1. The van der Waals surface area contributed by atoms with Crippen molar-refractivity contribution in [2.75, 3.05) is 13.7 Å². The normalized spacial score (nSPS) is 33.3. The highest BCUT2D eigenvalue weighted by atomic mass is 16.8. The largest absolute Gasteiger partial charge is 0.508 e. The van der Waals surface area contributed by atoms with Crippen LogP contribution in [0.15, 0.2) is 41.5 Å². The molecule has 11 atom stereocenters. The van der Waals surface area contributed by atoms with Gasteiger partial charge in [-0.1, -0.05) is 45.9 Å². The van der Waals surface area contributed by atoms with E-state index in [0.717, 1.165) is 14.0 Å². The molecule has 3 aliphatic carbocycles. The molecule has 4 N–H and O–H groups in total. The first-order chi connectivity index (χ1) is 27.3. The van der Waals surface area contributed by atoms with Crippen LogP contribution in [-0.4, -0.2) is 124 Å². The molecule has 1 aromatic rings.